The third kappa shape index (κ3) is 7.88. The van der Waals surface area contributed by atoms with E-state index in [1.165, 1.54) is 25.4 Å². The number of aromatic nitrogens is 2. The average molecular weight is 490 g/mol. The van der Waals surface area contributed by atoms with Crippen molar-refractivity contribution in [2.75, 3.05) is 25.6 Å². The van der Waals surface area contributed by atoms with Crippen molar-refractivity contribution >= 4 is 23.4 Å². The molecule has 0 bridgehead atoms. The van der Waals surface area contributed by atoms with Gasteiger partial charge in [-0.1, -0.05) is 0 Å². The molecule has 12 heteroatoms. The Balaban J connectivity index is 2.65. The lowest BCUT2D eigenvalue weighted by Crippen LogP contribution is -2.33. The summed E-state index contributed by atoms with van der Waals surface area (Å²) < 4.78 is 11.4. The molecule has 0 aliphatic carbocycles. The van der Waals surface area contributed by atoms with Crippen molar-refractivity contribution in [3.05, 3.63) is 50.4 Å². The molecule has 0 aliphatic rings. The van der Waals surface area contributed by atoms with Gasteiger partial charge < -0.3 is 20.1 Å². The number of esters is 1. The van der Waals surface area contributed by atoms with E-state index in [1.54, 1.807) is 20.8 Å². The second-order valence-corrected chi connectivity index (χ2v) is 9.04. The van der Waals surface area contributed by atoms with Gasteiger partial charge in [0.1, 0.15) is 12.1 Å². The van der Waals surface area contributed by atoms with Crippen molar-refractivity contribution in [1.29, 1.82) is 0 Å². The second-order valence-electron chi connectivity index (χ2n) is 9.04. The summed E-state index contributed by atoms with van der Waals surface area (Å²) in [6.07, 6.45) is 1.32. The minimum absolute atomic E-state index is 0.00551. The summed E-state index contributed by atoms with van der Waals surface area (Å²) in [6.45, 7) is 8.74. The summed E-state index contributed by atoms with van der Waals surface area (Å²) in [7, 11) is 1.48. The smallest absolute Gasteiger partial charge is 0.326 e. The molecule has 1 aromatic heterocycles. The molecule has 2 rings (SSSR count). The fourth-order valence-corrected chi connectivity index (χ4v) is 3.11. The number of nitro groups is 1. The van der Waals surface area contributed by atoms with Gasteiger partial charge in [-0.25, -0.2) is 4.98 Å². The molecule has 0 fully saturated rings. The number of non-ortho nitro benzene ring substituents is 1. The number of hydrogen-bond donors (Lipinski definition) is 2. The van der Waals surface area contributed by atoms with Crippen LogP contribution in [0.2, 0.25) is 0 Å². The van der Waals surface area contributed by atoms with Gasteiger partial charge in [0.05, 0.1) is 23.4 Å². The Kier molecular flexibility index (Phi) is 9.06. The van der Waals surface area contributed by atoms with Crippen LogP contribution in [0.25, 0.3) is 11.3 Å². The van der Waals surface area contributed by atoms with Crippen LogP contribution in [-0.2, 0) is 20.8 Å². The Morgan fingerprint density at radius 1 is 1.23 bits per heavy atom. The first-order valence-corrected chi connectivity index (χ1v) is 11.0. The standard InChI is InChI=1S/C23H31N5O7/c1-14(2)26-20-22(31)27(13-19(29)35-23(3,4)5)18(12-25-20)15-9-16(11-17(10-15)28(32)33)21(30)24-7-8-34-6/h9-12,14H,7-8,13H2,1-6H3,(H,24,30)(H,25,26). The minimum atomic E-state index is -0.786. The SMILES string of the molecule is COCCNC(=O)c1cc(-c2cnc(NC(C)C)c(=O)n2CC(=O)OC(C)(C)C)cc([N+](=O)[O-])c1. The molecule has 2 aromatic rings. The molecule has 0 spiro atoms. The molecule has 190 valence electrons. The van der Waals surface area contributed by atoms with E-state index in [0.29, 0.717) is 0 Å². The van der Waals surface area contributed by atoms with Crippen LogP contribution in [0.1, 0.15) is 45.0 Å². The van der Waals surface area contributed by atoms with Crippen molar-refractivity contribution < 1.29 is 24.0 Å². The van der Waals surface area contributed by atoms with Gasteiger partial charge in [0.2, 0.25) is 0 Å². The van der Waals surface area contributed by atoms with Crippen LogP contribution >= 0.6 is 0 Å². The molecule has 0 saturated carbocycles. The minimum Gasteiger partial charge on any atom is -0.459 e. The molecule has 0 radical (unpaired) electrons. The molecule has 0 unspecified atom stereocenters. The Morgan fingerprint density at radius 2 is 1.91 bits per heavy atom. The number of anilines is 1. The van der Waals surface area contributed by atoms with E-state index in [1.807, 2.05) is 13.8 Å². The molecule has 12 nitrogen and oxygen atoms in total. The first-order chi connectivity index (χ1) is 16.3. The molecule has 2 N–H and O–H groups in total. The lowest BCUT2D eigenvalue weighted by molar-refractivity contribution is -0.384. The van der Waals surface area contributed by atoms with Gasteiger partial charge in [0.25, 0.3) is 17.2 Å². The number of methoxy groups -OCH3 is 1. The van der Waals surface area contributed by atoms with E-state index >= 15 is 0 Å². The Morgan fingerprint density at radius 3 is 2.49 bits per heavy atom. The lowest BCUT2D eigenvalue weighted by Gasteiger charge is -2.21. The highest BCUT2D eigenvalue weighted by Gasteiger charge is 2.22. The number of nitrogens with zero attached hydrogens (tertiary/aromatic N) is 3. The maximum Gasteiger partial charge on any atom is 0.326 e. The number of nitrogens with one attached hydrogen (secondary N) is 2. The first-order valence-electron chi connectivity index (χ1n) is 11.0. The van der Waals surface area contributed by atoms with Gasteiger partial charge in [-0.3, -0.25) is 29.1 Å². The first kappa shape index (κ1) is 27.4. The van der Waals surface area contributed by atoms with Gasteiger partial charge >= 0.3 is 5.97 Å². The van der Waals surface area contributed by atoms with E-state index in [4.69, 9.17) is 9.47 Å². The molecule has 0 aliphatic heterocycles. The zero-order chi connectivity index (χ0) is 26.3. The zero-order valence-corrected chi connectivity index (χ0v) is 20.7. The maximum absolute atomic E-state index is 13.2. The number of hydrogen-bond acceptors (Lipinski definition) is 9. The summed E-state index contributed by atoms with van der Waals surface area (Å²) in [5.74, 6) is -1.22. The number of carbonyl (C=O) groups excluding carboxylic acids is 2. The molecule has 0 saturated heterocycles. The molecular weight excluding hydrogens is 458 g/mol. The fraction of sp³-hybridized carbons (Fsp3) is 0.478. The highest BCUT2D eigenvalue weighted by molar-refractivity contribution is 5.96. The number of amides is 1. The zero-order valence-electron chi connectivity index (χ0n) is 20.7. The van der Waals surface area contributed by atoms with Crippen LogP contribution in [-0.4, -0.2) is 58.3 Å². The van der Waals surface area contributed by atoms with Crippen LogP contribution in [0.5, 0.6) is 0 Å². The van der Waals surface area contributed by atoms with E-state index in [0.717, 1.165) is 10.6 Å². The predicted molar refractivity (Wildman–Crippen MR) is 129 cm³/mol. The second kappa shape index (κ2) is 11.6. The van der Waals surface area contributed by atoms with E-state index in [-0.39, 0.29) is 47.5 Å². The summed E-state index contributed by atoms with van der Waals surface area (Å²) in [5, 5.41) is 17.1. The lowest BCUT2D eigenvalue weighted by atomic mass is 10.1. The average Bonchev–Trinajstić information content (AvgIpc) is 2.74. The van der Waals surface area contributed by atoms with E-state index in [9.17, 15) is 24.5 Å². The number of ether oxygens (including phenoxy) is 2. The highest BCUT2D eigenvalue weighted by Crippen LogP contribution is 2.26. The number of nitro benzene ring substituents is 1. The number of carbonyl (C=O) groups is 2. The summed E-state index contributed by atoms with van der Waals surface area (Å²) in [4.78, 5) is 53.5. The summed E-state index contributed by atoms with van der Waals surface area (Å²) >= 11 is 0. The molecule has 1 amide bonds. The van der Waals surface area contributed by atoms with Crippen molar-refractivity contribution in [3.63, 3.8) is 0 Å². The molecule has 1 heterocycles. The maximum atomic E-state index is 13.2. The fourth-order valence-electron chi connectivity index (χ4n) is 3.11. The topological polar surface area (TPSA) is 155 Å². The van der Waals surface area contributed by atoms with Gasteiger partial charge in [-0.15, -0.1) is 0 Å². The van der Waals surface area contributed by atoms with Crippen molar-refractivity contribution in [1.82, 2.24) is 14.9 Å². The van der Waals surface area contributed by atoms with Crippen LogP contribution < -0.4 is 16.2 Å². The molecule has 0 atom stereocenters. The van der Waals surface area contributed by atoms with Crippen LogP contribution in [0.15, 0.2) is 29.2 Å². The van der Waals surface area contributed by atoms with Crippen molar-refractivity contribution in [2.24, 2.45) is 0 Å². The van der Waals surface area contributed by atoms with E-state index < -0.39 is 34.5 Å². The largest absolute Gasteiger partial charge is 0.459 e. The van der Waals surface area contributed by atoms with Gasteiger partial charge in [-0.2, -0.15) is 0 Å². The summed E-state index contributed by atoms with van der Waals surface area (Å²) in [5.41, 5.74) is -1.47. The predicted octanol–water partition coefficient (Wildman–Crippen LogP) is 2.36. The molecule has 1 aromatic carbocycles. The molecule has 35 heavy (non-hydrogen) atoms. The summed E-state index contributed by atoms with van der Waals surface area (Å²) in [6, 6.07) is 3.62. The van der Waals surface area contributed by atoms with E-state index in [2.05, 4.69) is 15.6 Å². The Hall–Kier alpha value is -3.80. The third-order valence-corrected chi connectivity index (χ3v) is 4.47. The monoisotopic (exact) mass is 489 g/mol. The van der Waals surface area contributed by atoms with Crippen molar-refractivity contribution in [3.8, 4) is 11.3 Å². The third-order valence-electron chi connectivity index (χ3n) is 4.47. The number of benzene rings is 1. The van der Waals surface area contributed by atoms with Crippen LogP contribution in [0.4, 0.5) is 11.5 Å². The van der Waals surface area contributed by atoms with Gasteiger partial charge in [0.15, 0.2) is 5.82 Å². The number of rotatable bonds is 10. The quantitative estimate of drug-likeness (QED) is 0.221. The highest BCUT2D eigenvalue weighted by atomic mass is 16.6. The molecular formula is C23H31N5O7. The van der Waals surface area contributed by atoms with Gasteiger partial charge in [-0.05, 0) is 40.7 Å². The Bertz CT molecular complexity index is 1150. The Labute approximate surface area is 202 Å². The van der Waals surface area contributed by atoms with Crippen molar-refractivity contribution in [2.45, 2.75) is 52.8 Å². The van der Waals surface area contributed by atoms with Crippen LogP contribution in [0.3, 0.4) is 0 Å². The normalized spacial score (nSPS) is 11.3. The van der Waals surface area contributed by atoms with Crippen LogP contribution in [0, 0.1) is 10.1 Å². The van der Waals surface area contributed by atoms with Gasteiger partial charge in [0, 0.05) is 43.0 Å².